The molecule has 0 aromatic rings. The lowest BCUT2D eigenvalue weighted by atomic mass is 10.7. The zero-order valence-electron chi connectivity index (χ0n) is 6.19. The Labute approximate surface area is 64.6 Å². The van der Waals surface area contributed by atoms with Crippen molar-refractivity contribution in [1.82, 2.24) is 0 Å². The van der Waals surface area contributed by atoms with Crippen LogP contribution in [0.1, 0.15) is 0 Å². The van der Waals surface area contributed by atoms with E-state index in [4.69, 9.17) is 9.47 Å². The summed E-state index contributed by atoms with van der Waals surface area (Å²) in [6.07, 6.45) is 0.674. The normalized spacial score (nSPS) is 9.45. The molecular weight excluding hydrogens is 150 g/mol. The third-order valence-electron chi connectivity index (χ3n) is 0.885. The maximum atomic E-state index is 9.72. The van der Waals surface area contributed by atoms with Crippen molar-refractivity contribution in [3.63, 3.8) is 0 Å². The average Bonchev–Trinajstić information content (AvgIpc) is 2.03. The first kappa shape index (κ1) is 10.2. The van der Waals surface area contributed by atoms with E-state index in [9.17, 15) is 9.70 Å². The van der Waals surface area contributed by atoms with Crippen molar-refractivity contribution in [1.29, 1.82) is 0 Å². The van der Waals surface area contributed by atoms with Crippen LogP contribution in [0.15, 0.2) is 5.18 Å². The van der Waals surface area contributed by atoms with Crippen molar-refractivity contribution in [2.75, 3.05) is 33.0 Å². The first-order valence-corrected chi connectivity index (χ1v) is 3.30. The van der Waals surface area contributed by atoms with Gasteiger partial charge in [-0.15, -0.1) is 0 Å². The molecule has 0 amide bonds. The van der Waals surface area contributed by atoms with E-state index < -0.39 is 0 Å². The largest absolute Gasteiger partial charge is 0.377 e. The number of carbonyl (C=O) groups is 1. The summed E-state index contributed by atoms with van der Waals surface area (Å²) in [5.74, 6) is 0. The Morgan fingerprint density at radius 1 is 1.18 bits per heavy atom. The van der Waals surface area contributed by atoms with Crippen molar-refractivity contribution >= 4 is 6.29 Å². The van der Waals surface area contributed by atoms with E-state index in [0.29, 0.717) is 26.1 Å². The topological polar surface area (TPSA) is 65.0 Å². The molecule has 0 heterocycles. The zero-order valence-corrected chi connectivity index (χ0v) is 6.19. The molecule has 0 rings (SSSR count). The molecule has 0 unspecified atom stereocenters. The van der Waals surface area contributed by atoms with Gasteiger partial charge in [0, 0.05) is 0 Å². The summed E-state index contributed by atoms with van der Waals surface area (Å²) in [6, 6.07) is 0. The first-order valence-electron chi connectivity index (χ1n) is 3.30. The van der Waals surface area contributed by atoms with Crippen molar-refractivity contribution in [2.45, 2.75) is 0 Å². The summed E-state index contributed by atoms with van der Waals surface area (Å²) in [4.78, 5) is 19.3. The molecule has 0 aliphatic rings. The zero-order chi connectivity index (χ0) is 8.36. The molecule has 5 heteroatoms. The molecule has 0 saturated carbocycles. The molecule has 0 fully saturated rings. The molecule has 0 N–H and O–H groups in total. The molecule has 0 aliphatic heterocycles. The van der Waals surface area contributed by atoms with E-state index in [1.165, 1.54) is 0 Å². The smallest absolute Gasteiger partial charge is 0.145 e. The van der Waals surface area contributed by atoms with E-state index in [1.54, 1.807) is 0 Å². The van der Waals surface area contributed by atoms with Crippen molar-refractivity contribution in [3.05, 3.63) is 4.91 Å². The molecular formula is C6H11NO4. The number of ether oxygens (including phenoxy) is 2. The van der Waals surface area contributed by atoms with Crippen LogP contribution in [0, 0.1) is 4.91 Å². The Morgan fingerprint density at radius 2 is 1.91 bits per heavy atom. The van der Waals surface area contributed by atoms with Gasteiger partial charge in [-0.25, -0.2) is 0 Å². The predicted molar refractivity (Wildman–Crippen MR) is 38.4 cm³/mol. The predicted octanol–water partition coefficient (Wildman–Crippen LogP) is -0.0151. The molecule has 0 atom stereocenters. The Bertz CT molecular complexity index is 94.8. The average molecular weight is 161 g/mol. The van der Waals surface area contributed by atoms with Crippen LogP contribution >= 0.6 is 0 Å². The molecule has 0 aromatic carbocycles. The van der Waals surface area contributed by atoms with Gasteiger partial charge in [-0.05, 0) is 0 Å². The molecule has 0 aliphatic carbocycles. The van der Waals surface area contributed by atoms with Crippen LogP contribution in [0.2, 0.25) is 0 Å². The lowest BCUT2D eigenvalue weighted by Gasteiger charge is -1.99. The van der Waals surface area contributed by atoms with Crippen LogP contribution in [0.25, 0.3) is 0 Å². The van der Waals surface area contributed by atoms with Gasteiger partial charge in [-0.2, -0.15) is 4.91 Å². The Balaban J connectivity index is 2.79. The maximum Gasteiger partial charge on any atom is 0.145 e. The minimum atomic E-state index is 0.0926. The fraction of sp³-hybridized carbons (Fsp3) is 0.833. The quantitative estimate of drug-likeness (QED) is 0.285. The van der Waals surface area contributed by atoms with Gasteiger partial charge in [0.25, 0.3) is 0 Å². The molecule has 0 radical (unpaired) electrons. The number of aldehydes is 1. The van der Waals surface area contributed by atoms with Crippen molar-refractivity contribution in [2.24, 2.45) is 5.18 Å². The van der Waals surface area contributed by atoms with E-state index in [0.717, 1.165) is 0 Å². The van der Waals surface area contributed by atoms with E-state index in [1.807, 2.05) is 0 Å². The van der Waals surface area contributed by atoms with Crippen LogP contribution in [-0.4, -0.2) is 39.3 Å². The Morgan fingerprint density at radius 3 is 2.55 bits per heavy atom. The second kappa shape index (κ2) is 9.19. The summed E-state index contributed by atoms with van der Waals surface area (Å²) >= 11 is 0. The summed E-state index contributed by atoms with van der Waals surface area (Å²) < 4.78 is 9.65. The third-order valence-corrected chi connectivity index (χ3v) is 0.885. The van der Waals surface area contributed by atoms with Crippen LogP contribution in [0.4, 0.5) is 0 Å². The number of carbonyl (C=O) groups excluding carboxylic acids is 1. The van der Waals surface area contributed by atoms with Gasteiger partial charge in [0.2, 0.25) is 0 Å². The standard InChI is InChI=1S/C6H11NO4/c8-2-4-11-6-5-10-3-1-7-9/h2H,1,3-6H2. The first-order chi connectivity index (χ1) is 5.41. The highest BCUT2D eigenvalue weighted by Crippen LogP contribution is 1.77. The van der Waals surface area contributed by atoms with Gasteiger partial charge < -0.3 is 14.3 Å². The number of nitrogens with zero attached hydrogens (tertiary/aromatic N) is 1. The summed E-state index contributed by atoms with van der Waals surface area (Å²) in [5.41, 5.74) is 0. The fourth-order valence-electron chi connectivity index (χ4n) is 0.453. The highest BCUT2D eigenvalue weighted by atomic mass is 16.5. The highest BCUT2D eigenvalue weighted by Gasteiger charge is 1.87. The molecule has 0 aromatic heterocycles. The van der Waals surface area contributed by atoms with E-state index in [2.05, 4.69) is 5.18 Å². The van der Waals surface area contributed by atoms with Crippen LogP contribution in [0.3, 0.4) is 0 Å². The van der Waals surface area contributed by atoms with Crippen LogP contribution in [0.5, 0.6) is 0 Å². The van der Waals surface area contributed by atoms with Gasteiger partial charge in [0.15, 0.2) is 0 Å². The second-order valence-corrected chi connectivity index (χ2v) is 1.71. The summed E-state index contributed by atoms with van der Waals surface area (Å²) in [5, 5.41) is 2.60. The van der Waals surface area contributed by atoms with Gasteiger partial charge in [-0.3, -0.25) is 0 Å². The molecule has 64 valence electrons. The minimum Gasteiger partial charge on any atom is -0.377 e. The molecule has 11 heavy (non-hydrogen) atoms. The number of rotatable bonds is 8. The van der Waals surface area contributed by atoms with E-state index >= 15 is 0 Å². The molecule has 0 bridgehead atoms. The summed E-state index contributed by atoms with van der Waals surface area (Å²) in [6.45, 7) is 1.33. The Hall–Kier alpha value is -0.810. The van der Waals surface area contributed by atoms with Crippen molar-refractivity contribution < 1.29 is 14.3 Å². The minimum absolute atomic E-state index is 0.0926. The molecule has 5 nitrogen and oxygen atoms in total. The van der Waals surface area contributed by atoms with Gasteiger partial charge in [-0.1, -0.05) is 5.18 Å². The number of hydrogen-bond acceptors (Lipinski definition) is 5. The Kier molecular flexibility index (Phi) is 8.51. The molecule has 0 saturated heterocycles. The summed E-state index contributed by atoms with van der Waals surface area (Å²) in [7, 11) is 0. The van der Waals surface area contributed by atoms with Gasteiger partial charge in [0.1, 0.15) is 19.4 Å². The van der Waals surface area contributed by atoms with Crippen LogP contribution in [-0.2, 0) is 14.3 Å². The SMILES string of the molecule is O=CCOCCOCCN=O. The van der Waals surface area contributed by atoms with E-state index in [-0.39, 0.29) is 13.2 Å². The highest BCUT2D eigenvalue weighted by molar-refractivity contribution is 5.50. The van der Waals surface area contributed by atoms with Crippen LogP contribution < -0.4 is 0 Å². The van der Waals surface area contributed by atoms with Gasteiger partial charge in [0.05, 0.1) is 19.8 Å². The second-order valence-electron chi connectivity index (χ2n) is 1.71. The lowest BCUT2D eigenvalue weighted by Crippen LogP contribution is -2.07. The monoisotopic (exact) mass is 161 g/mol. The molecule has 0 spiro atoms. The van der Waals surface area contributed by atoms with Crippen molar-refractivity contribution in [3.8, 4) is 0 Å². The number of hydrogen-bond donors (Lipinski definition) is 0. The lowest BCUT2D eigenvalue weighted by molar-refractivity contribution is -0.112. The number of nitroso groups, excluding NO2 is 1. The maximum absolute atomic E-state index is 9.72. The fourth-order valence-corrected chi connectivity index (χ4v) is 0.453. The van der Waals surface area contributed by atoms with Gasteiger partial charge >= 0.3 is 0 Å². The third kappa shape index (κ3) is 9.19.